The molecule has 1 aromatic carbocycles. The summed E-state index contributed by atoms with van der Waals surface area (Å²) in [5, 5.41) is -0.186. The lowest BCUT2D eigenvalue weighted by Gasteiger charge is -2.45. The summed E-state index contributed by atoms with van der Waals surface area (Å²) in [7, 11) is -1.94. The Morgan fingerprint density at radius 2 is 2.14 bits per heavy atom. The van der Waals surface area contributed by atoms with E-state index in [-0.39, 0.29) is 22.1 Å². The summed E-state index contributed by atoms with van der Waals surface area (Å²) in [6.45, 7) is 2.05. The smallest absolute Gasteiger partial charge is 0.246 e. The van der Waals surface area contributed by atoms with Crippen LogP contribution in [0.3, 0.4) is 0 Å². The van der Waals surface area contributed by atoms with E-state index in [0.717, 1.165) is 6.54 Å². The zero-order valence-corrected chi connectivity index (χ0v) is 13.8. The molecule has 0 aromatic heterocycles. The maximum Gasteiger partial charge on any atom is 0.246 e. The molecule has 0 radical (unpaired) electrons. The van der Waals surface area contributed by atoms with Gasteiger partial charge in [0.05, 0.1) is 17.7 Å². The number of halogens is 2. The van der Waals surface area contributed by atoms with Crippen molar-refractivity contribution < 1.29 is 17.5 Å². The minimum absolute atomic E-state index is 0.000444. The van der Waals surface area contributed by atoms with Crippen molar-refractivity contribution in [1.82, 2.24) is 9.21 Å². The maximum absolute atomic E-state index is 14.1. The van der Waals surface area contributed by atoms with E-state index in [9.17, 15) is 12.8 Å². The number of rotatable bonds is 2. The normalized spacial score (nSPS) is 27.6. The van der Waals surface area contributed by atoms with E-state index in [1.54, 1.807) is 0 Å². The van der Waals surface area contributed by atoms with E-state index < -0.39 is 15.8 Å². The fraction of sp³-hybridized carbons (Fsp3) is 0.571. The average molecular weight is 349 g/mol. The lowest BCUT2D eigenvalue weighted by molar-refractivity contribution is -0.0840. The van der Waals surface area contributed by atoms with Crippen molar-refractivity contribution in [1.29, 1.82) is 0 Å². The monoisotopic (exact) mass is 348 g/mol. The minimum Gasteiger partial charge on any atom is -0.375 e. The van der Waals surface area contributed by atoms with Crippen molar-refractivity contribution in [2.75, 3.05) is 33.3 Å². The second kappa shape index (κ2) is 6.05. The molecule has 1 aromatic rings. The van der Waals surface area contributed by atoms with Crippen LogP contribution in [0.5, 0.6) is 0 Å². The first-order chi connectivity index (χ1) is 10.4. The first kappa shape index (κ1) is 16.1. The quantitative estimate of drug-likeness (QED) is 0.814. The van der Waals surface area contributed by atoms with Crippen molar-refractivity contribution in [3.63, 3.8) is 0 Å². The second-order valence-corrected chi connectivity index (χ2v) is 7.97. The number of hydrogen-bond acceptors (Lipinski definition) is 4. The third-order valence-corrected chi connectivity index (χ3v) is 6.53. The molecule has 2 aliphatic heterocycles. The molecule has 2 heterocycles. The molecule has 0 N–H and O–H groups in total. The van der Waals surface area contributed by atoms with Gasteiger partial charge in [-0.15, -0.1) is 0 Å². The average Bonchev–Trinajstić information content (AvgIpc) is 2.50. The number of hydrogen-bond donors (Lipinski definition) is 0. The molecule has 8 heteroatoms. The van der Waals surface area contributed by atoms with Gasteiger partial charge >= 0.3 is 0 Å². The fourth-order valence-corrected chi connectivity index (χ4v) is 4.84. The highest BCUT2D eigenvalue weighted by Crippen LogP contribution is 2.29. The molecule has 2 aliphatic rings. The molecule has 5 nitrogen and oxygen atoms in total. The van der Waals surface area contributed by atoms with E-state index in [4.69, 9.17) is 16.3 Å². The summed E-state index contributed by atoms with van der Waals surface area (Å²) in [4.78, 5) is 1.74. The van der Waals surface area contributed by atoms with E-state index >= 15 is 0 Å². The topological polar surface area (TPSA) is 49.9 Å². The molecule has 2 atom stereocenters. The highest BCUT2D eigenvalue weighted by molar-refractivity contribution is 7.89. The van der Waals surface area contributed by atoms with Gasteiger partial charge in [0.2, 0.25) is 10.0 Å². The number of likely N-dealkylation sites (N-methyl/N-ethyl adjacent to an activating group) is 1. The Bertz CT molecular complexity index is 670. The van der Waals surface area contributed by atoms with Crippen LogP contribution >= 0.6 is 11.6 Å². The van der Waals surface area contributed by atoms with Crippen LogP contribution in [-0.4, -0.2) is 63.1 Å². The molecule has 0 saturated carbocycles. The van der Waals surface area contributed by atoms with Crippen LogP contribution in [0.15, 0.2) is 23.1 Å². The van der Waals surface area contributed by atoms with E-state index in [1.165, 1.54) is 22.5 Å². The van der Waals surface area contributed by atoms with Gasteiger partial charge in [-0.2, -0.15) is 4.31 Å². The first-order valence-electron chi connectivity index (χ1n) is 7.17. The predicted octanol–water partition coefficient (Wildman–Crippen LogP) is 1.57. The van der Waals surface area contributed by atoms with Gasteiger partial charge in [-0.05, 0) is 25.6 Å². The Balaban J connectivity index is 1.88. The zero-order chi connectivity index (χ0) is 15.9. The Morgan fingerprint density at radius 1 is 1.36 bits per heavy atom. The summed E-state index contributed by atoms with van der Waals surface area (Å²) < 4.78 is 46.5. The molecule has 2 unspecified atom stereocenters. The van der Waals surface area contributed by atoms with Gasteiger partial charge in [0.25, 0.3) is 0 Å². The Kier molecular flexibility index (Phi) is 4.44. The summed E-state index contributed by atoms with van der Waals surface area (Å²) >= 11 is 5.71. The lowest BCUT2D eigenvalue weighted by Crippen LogP contribution is -2.59. The molecule has 3 rings (SSSR count). The number of sulfonamides is 1. The van der Waals surface area contributed by atoms with Crippen molar-refractivity contribution in [2.45, 2.75) is 23.5 Å². The van der Waals surface area contributed by atoms with E-state index in [2.05, 4.69) is 4.90 Å². The van der Waals surface area contributed by atoms with E-state index in [0.29, 0.717) is 26.1 Å². The van der Waals surface area contributed by atoms with Crippen LogP contribution < -0.4 is 0 Å². The molecule has 0 spiro atoms. The molecule has 2 fully saturated rings. The molecule has 2 saturated heterocycles. The van der Waals surface area contributed by atoms with Gasteiger partial charge in [-0.3, -0.25) is 4.90 Å². The molecule has 0 bridgehead atoms. The summed E-state index contributed by atoms with van der Waals surface area (Å²) in [6.07, 6.45) is 0.644. The largest absolute Gasteiger partial charge is 0.375 e. The number of nitrogens with zero attached hydrogens (tertiary/aromatic N) is 2. The van der Waals surface area contributed by atoms with Crippen LogP contribution in [0.2, 0.25) is 5.02 Å². The highest BCUT2D eigenvalue weighted by Gasteiger charge is 2.40. The summed E-state index contributed by atoms with van der Waals surface area (Å²) in [5.74, 6) is -0.889. The van der Waals surface area contributed by atoms with Gasteiger partial charge in [0.1, 0.15) is 4.90 Å². The van der Waals surface area contributed by atoms with Gasteiger partial charge in [-0.25, -0.2) is 12.8 Å². The highest BCUT2D eigenvalue weighted by atomic mass is 35.5. The Hall–Kier alpha value is -0.730. The van der Waals surface area contributed by atoms with Crippen molar-refractivity contribution in [2.24, 2.45) is 0 Å². The van der Waals surface area contributed by atoms with Crippen LogP contribution in [-0.2, 0) is 14.8 Å². The van der Waals surface area contributed by atoms with Crippen LogP contribution in [0.4, 0.5) is 4.39 Å². The van der Waals surface area contributed by atoms with Gasteiger partial charge in [0.15, 0.2) is 5.82 Å². The number of fused-ring (bicyclic) bond motifs is 1. The van der Waals surface area contributed by atoms with Crippen LogP contribution in [0, 0.1) is 5.82 Å². The molecular formula is C14H18ClFN2O3S. The molecular weight excluding hydrogens is 331 g/mol. The lowest BCUT2D eigenvalue weighted by atomic mass is 10.0. The zero-order valence-electron chi connectivity index (χ0n) is 12.2. The van der Waals surface area contributed by atoms with Gasteiger partial charge < -0.3 is 4.74 Å². The summed E-state index contributed by atoms with van der Waals surface area (Å²) in [6, 6.07) is 4.04. The molecule has 122 valence electrons. The maximum atomic E-state index is 14.1. The summed E-state index contributed by atoms with van der Waals surface area (Å²) in [5.41, 5.74) is 0. The molecule has 0 amide bonds. The third-order valence-electron chi connectivity index (χ3n) is 4.36. The number of benzene rings is 1. The molecule has 22 heavy (non-hydrogen) atoms. The molecule has 0 aliphatic carbocycles. The van der Waals surface area contributed by atoms with Crippen LogP contribution in [0.25, 0.3) is 0 Å². The predicted molar refractivity (Wildman–Crippen MR) is 80.9 cm³/mol. The van der Waals surface area contributed by atoms with Gasteiger partial charge in [0, 0.05) is 25.7 Å². The third kappa shape index (κ3) is 2.76. The van der Waals surface area contributed by atoms with E-state index in [1.807, 2.05) is 7.05 Å². The Labute approximate surface area is 134 Å². The standard InChI is InChI=1S/C14H18ClFN2O3S/c1-17-7-8-21-12-5-6-18(9-11(12)17)22(19,20)13-4-2-3-10(15)14(13)16/h2-4,11-12H,5-9H2,1H3. The van der Waals surface area contributed by atoms with Crippen molar-refractivity contribution in [3.8, 4) is 0 Å². The minimum atomic E-state index is -3.90. The Morgan fingerprint density at radius 3 is 2.91 bits per heavy atom. The number of ether oxygens (including phenoxy) is 1. The number of morpholine rings is 1. The fourth-order valence-electron chi connectivity index (χ4n) is 3.05. The van der Waals surface area contributed by atoms with Crippen molar-refractivity contribution in [3.05, 3.63) is 29.0 Å². The second-order valence-electron chi connectivity index (χ2n) is 5.66. The number of piperidine rings is 1. The van der Waals surface area contributed by atoms with Crippen LogP contribution in [0.1, 0.15) is 6.42 Å². The SMILES string of the molecule is CN1CCOC2CCN(S(=O)(=O)c3cccc(Cl)c3F)CC21. The van der Waals surface area contributed by atoms with Crippen molar-refractivity contribution >= 4 is 21.6 Å². The first-order valence-corrected chi connectivity index (χ1v) is 8.99. The van der Waals surface area contributed by atoms with Gasteiger partial charge in [-0.1, -0.05) is 17.7 Å².